The molecule has 0 aliphatic carbocycles. The van der Waals surface area contributed by atoms with Gasteiger partial charge in [-0.2, -0.15) is 0 Å². The van der Waals surface area contributed by atoms with Gasteiger partial charge in [0.05, 0.1) is 18.8 Å². The van der Waals surface area contributed by atoms with Gasteiger partial charge in [-0.15, -0.1) is 0 Å². The highest BCUT2D eigenvalue weighted by Crippen LogP contribution is 2.28. The number of benzene rings is 1. The van der Waals surface area contributed by atoms with E-state index >= 15 is 0 Å². The van der Waals surface area contributed by atoms with E-state index < -0.39 is 5.63 Å². The zero-order valence-corrected chi connectivity index (χ0v) is 14.7. The van der Waals surface area contributed by atoms with Crippen molar-refractivity contribution >= 4 is 16.8 Å². The summed E-state index contributed by atoms with van der Waals surface area (Å²) in [6.45, 7) is 3.98. The van der Waals surface area contributed by atoms with Crippen LogP contribution in [0.4, 0.5) is 0 Å². The van der Waals surface area contributed by atoms with Crippen molar-refractivity contribution < 1.29 is 23.8 Å². The van der Waals surface area contributed by atoms with Crippen molar-refractivity contribution in [2.45, 2.75) is 13.5 Å². The second-order valence-electron chi connectivity index (χ2n) is 5.75. The lowest BCUT2D eigenvalue weighted by Gasteiger charge is -2.22. The zero-order valence-electron chi connectivity index (χ0n) is 14.7. The minimum Gasteiger partial charge on any atom is -0.507 e. The second-order valence-corrected chi connectivity index (χ2v) is 5.75. The average Bonchev–Trinajstić information content (AvgIpc) is 2.58. The van der Waals surface area contributed by atoms with Crippen molar-refractivity contribution in [3.63, 3.8) is 0 Å². The molecule has 7 heteroatoms. The highest BCUT2D eigenvalue weighted by molar-refractivity contribution is 5.97. The van der Waals surface area contributed by atoms with E-state index in [0.29, 0.717) is 43.8 Å². The highest BCUT2D eigenvalue weighted by atomic mass is 16.5. The Morgan fingerprint density at radius 3 is 2.40 bits per heavy atom. The summed E-state index contributed by atoms with van der Waals surface area (Å²) in [5, 5.41) is 10.9. The summed E-state index contributed by atoms with van der Waals surface area (Å²) in [6.07, 6.45) is 0. The first-order valence-corrected chi connectivity index (χ1v) is 7.97. The van der Waals surface area contributed by atoms with E-state index in [2.05, 4.69) is 0 Å². The van der Waals surface area contributed by atoms with Crippen LogP contribution < -0.4 is 5.63 Å². The maximum Gasteiger partial charge on any atom is 0.347 e. The number of fused-ring (bicyclic) bond motifs is 1. The molecule has 0 bridgehead atoms. The van der Waals surface area contributed by atoms with E-state index in [9.17, 15) is 14.7 Å². The molecule has 1 aromatic heterocycles. The van der Waals surface area contributed by atoms with Gasteiger partial charge in [0.15, 0.2) is 5.78 Å². The molecule has 1 heterocycles. The molecule has 0 amide bonds. The van der Waals surface area contributed by atoms with Crippen molar-refractivity contribution in [1.29, 1.82) is 0 Å². The predicted octanol–water partition coefficient (Wildman–Crippen LogP) is 1.80. The Labute approximate surface area is 145 Å². The number of ketones is 1. The zero-order chi connectivity index (χ0) is 18.4. The normalized spacial score (nSPS) is 11.4. The Kier molecular flexibility index (Phi) is 6.69. The summed E-state index contributed by atoms with van der Waals surface area (Å²) in [6, 6.07) is 4.66. The van der Waals surface area contributed by atoms with Crippen LogP contribution in [0.5, 0.6) is 5.75 Å². The summed E-state index contributed by atoms with van der Waals surface area (Å²) in [7, 11) is 3.23. The number of phenolic OH excluding ortho intramolecular Hbond substituents is 1. The molecule has 0 atom stereocenters. The first-order chi connectivity index (χ1) is 12.0. The van der Waals surface area contributed by atoms with Gasteiger partial charge in [0, 0.05) is 39.2 Å². The Bertz CT molecular complexity index is 790. The smallest absolute Gasteiger partial charge is 0.347 e. The molecule has 0 saturated carbocycles. The van der Waals surface area contributed by atoms with E-state index in [4.69, 9.17) is 13.9 Å². The number of phenols is 1. The molecule has 1 N–H and O–H groups in total. The van der Waals surface area contributed by atoms with E-state index in [1.165, 1.54) is 19.1 Å². The van der Waals surface area contributed by atoms with Gasteiger partial charge in [-0.3, -0.25) is 9.69 Å². The van der Waals surface area contributed by atoms with E-state index in [1.54, 1.807) is 20.3 Å². The van der Waals surface area contributed by atoms with Crippen LogP contribution in [0.15, 0.2) is 27.4 Å². The fraction of sp³-hybridized carbons (Fsp3) is 0.444. The monoisotopic (exact) mass is 349 g/mol. The summed E-state index contributed by atoms with van der Waals surface area (Å²) in [5.41, 5.74) is 0.0821. The summed E-state index contributed by atoms with van der Waals surface area (Å²) >= 11 is 0. The molecule has 0 fully saturated rings. The lowest BCUT2D eigenvalue weighted by molar-refractivity contribution is 0.101. The van der Waals surface area contributed by atoms with Gasteiger partial charge >= 0.3 is 5.63 Å². The Balaban J connectivity index is 2.44. The molecule has 1 aromatic carbocycles. The Morgan fingerprint density at radius 2 is 1.84 bits per heavy atom. The Hall–Kier alpha value is -2.22. The molecule has 136 valence electrons. The molecule has 0 radical (unpaired) electrons. The lowest BCUT2D eigenvalue weighted by atomic mass is 10.1. The quantitative estimate of drug-likeness (QED) is 0.545. The van der Waals surface area contributed by atoms with Gasteiger partial charge in [-0.25, -0.2) is 4.79 Å². The molecule has 0 unspecified atom stereocenters. The third kappa shape index (κ3) is 4.66. The first kappa shape index (κ1) is 19.1. The minimum absolute atomic E-state index is 0.000220. The van der Waals surface area contributed by atoms with Crippen LogP contribution in [0.25, 0.3) is 11.0 Å². The molecule has 2 aromatic rings. The van der Waals surface area contributed by atoms with E-state index in [-0.39, 0.29) is 22.7 Å². The fourth-order valence-electron chi connectivity index (χ4n) is 2.56. The number of carbonyl (C=O) groups excluding carboxylic acids is 1. The Morgan fingerprint density at radius 1 is 1.20 bits per heavy atom. The topological polar surface area (TPSA) is 89.2 Å². The predicted molar refractivity (Wildman–Crippen MR) is 93.2 cm³/mol. The van der Waals surface area contributed by atoms with Gasteiger partial charge in [-0.1, -0.05) is 0 Å². The molecule has 0 aliphatic rings. The van der Waals surface area contributed by atoms with Crippen molar-refractivity contribution in [3.05, 3.63) is 39.7 Å². The van der Waals surface area contributed by atoms with Crippen molar-refractivity contribution in [1.82, 2.24) is 4.90 Å². The van der Waals surface area contributed by atoms with Gasteiger partial charge in [0.2, 0.25) is 0 Å². The average molecular weight is 349 g/mol. The van der Waals surface area contributed by atoms with Gasteiger partial charge in [0.1, 0.15) is 16.9 Å². The van der Waals surface area contributed by atoms with Crippen LogP contribution in [0.1, 0.15) is 22.8 Å². The SMILES string of the molecule is COCCN(CCOC)Cc1c(O)ccc2cc(C(C)=O)c(=O)oc12. The number of Topliss-reactive ketones (excluding diaryl/α,β-unsaturated/α-hetero) is 1. The number of ether oxygens (including phenoxy) is 2. The first-order valence-electron chi connectivity index (χ1n) is 7.97. The van der Waals surface area contributed by atoms with Gasteiger partial charge < -0.3 is 19.0 Å². The van der Waals surface area contributed by atoms with Crippen LogP contribution in [0.3, 0.4) is 0 Å². The van der Waals surface area contributed by atoms with Crippen LogP contribution in [-0.4, -0.2) is 56.3 Å². The van der Waals surface area contributed by atoms with Gasteiger partial charge in [0.25, 0.3) is 0 Å². The van der Waals surface area contributed by atoms with Gasteiger partial charge in [-0.05, 0) is 25.1 Å². The number of rotatable bonds is 9. The summed E-state index contributed by atoms with van der Waals surface area (Å²) in [5.74, 6) is -0.321. The van der Waals surface area contributed by atoms with E-state index in [0.717, 1.165) is 0 Å². The summed E-state index contributed by atoms with van der Waals surface area (Å²) < 4.78 is 15.6. The van der Waals surface area contributed by atoms with Crippen molar-refractivity contribution in [2.24, 2.45) is 0 Å². The maximum absolute atomic E-state index is 12.0. The molecule has 0 spiro atoms. The molecular formula is C18H23NO6. The molecule has 25 heavy (non-hydrogen) atoms. The van der Waals surface area contributed by atoms with Crippen LogP contribution in [0, 0.1) is 0 Å². The number of methoxy groups -OCH3 is 2. The highest BCUT2D eigenvalue weighted by Gasteiger charge is 2.17. The number of aromatic hydroxyl groups is 1. The number of carbonyl (C=O) groups is 1. The minimum atomic E-state index is -0.702. The molecule has 0 saturated heterocycles. The van der Waals surface area contributed by atoms with Crippen LogP contribution >= 0.6 is 0 Å². The third-order valence-electron chi connectivity index (χ3n) is 3.97. The molecular weight excluding hydrogens is 326 g/mol. The summed E-state index contributed by atoms with van der Waals surface area (Å²) in [4.78, 5) is 25.6. The van der Waals surface area contributed by atoms with Crippen LogP contribution in [0.2, 0.25) is 0 Å². The molecule has 7 nitrogen and oxygen atoms in total. The van der Waals surface area contributed by atoms with E-state index in [1.807, 2.05) is 4.90 Å². The van der Waals surface area contributed by atoms with Crippen molar-refractivity contribution in [3.8, 4) is 5.75 Å². The van der Waals surface area contributed by atoms with Crippen molar-refractivity contribution in [2.75, 3.05) is 40.5 Å². The second kappa shape index (κ2) is 8.75. The number of hydrogen-bond acceptors (Lipinski definition) is 7. The van der Waals surface area contributed by atoms with Crippen LogP contribution in [-0.2, 0) is 16.0 Å². The number of hydrogen-bond donors (Lipinski definition) is 1. The molecule has 0 aliphatic heterocycles. The maximum atomic E-state index is 12.0. The number of nitrogens with zero attached hydrogens (tertiary/aromatic N) is 1. The fourth-order valence-corrected chi connectivity index (χ4v) is 2.56. The lowest BCUT2D eigenvalue weighted by Crippen LogP contribution is -2.30. The standard InChI is InChI=1S/C18H23NO6/c1-12(20)14-10-13-4-5-16(21)15(17(13)25-18(14)22)11-19(6-8-23-2)7-9-24-3/h4-5,10,21H,6-9,11H2,1-3H3. The largest absolute Gasteiger partial charge is 0.507 e. The third-order valence-corrected chi connectivity index (χ3v) is 3.97. The molecule has 2 rings (SSSR count).